The molecule has 7 heteroatoms. The number of nitrogens with one attached hydrogen (secondary N) is 1. The van der Waals surface area contributed by atoms with Gasteiger partial charge < -0.3 is 5.32 Å². The second-order valence-corrected chi connectivity index (χ2v) is 4.35. The van der Waals surface area contributed by atoms with E-state index in [0.29, 0.717) is 12.1 Å². The van der Waals surface area contributed by atoms with Crippen molar-refractivity contribution in [3.63, 3.8) is 0 Å². The molecular formula is C14H12N6O. The Morgan fingerprint density at radius 1 is 1.19 bits per heavy atom. The maximum absolute atomic E-state index is 12.0. The third kappa shape index (κ3) is 3.08. The largest absolute Gasteiger partial charge is 0.348 e. The summed E-state index contributed by atoms with van der Waals surface area (Å²) in [5.41, 5.74) is 2.33. The highest BCUT2D eigenvalue weighted by atomic mass is 16.1. The Labute approximate surface area is 120 Å². The Balaban J connectivity index is 1.65. The van der Waals surface area contributed by atoms with E-state index in [-0.39, 0.29) is 5.91 Å². The molecule has 0 radical (unpaired) electrons. The van der Waals surface area contributed by atoms with Crippen molar-refractivity contribution >= 4 is 5.91 Å². The van der Waals surface area contributed by atoms with Crippen molar-refractivity contribution in [1.82, 2.24) is 30.5 Å². The lowest BCUT2D eigenvalue weighted by Gasteiger charge is -2.06. The molecule has 3 rings (SSSR count). The number of carbonyl (C=O) groups is 1. The van der Waals surface area contributed by atoms with Crippen LogP contribution in [0.4, 0.5) is 0 Å². The average Bonchev–Trinajstić information content (AvgIpc) is 3.08. The SMILES string of the molecule is O=C(NCc1cccnc1)c1ccc(-n2cnnn2)cc1. The molecule has 2 aromatic heterocycles. The van der Waals surface area contributed by atoms with Crippen LogP contribution in [0.15, 0.2) is 55.1 Å². The molecule has 0 bridgehead atoms. The Kier molecular flexibility index (Phi) is 3.64. The fourth-order valence-electron chi connectivity index (χ4n) is 1.83. The van der Waals surface area contributed by atoms with E-state index in [1.54, 1.807) is 36.7 Å². The van der Waals surface area contributed by atoms with Gasteiger partial charge in [-0.3, -0.25) is 9.78 Å². The van der Waals surface area contributed by atoms with Crippen molar-refractivity contribution in [3.8, 4) is 5.69 Å². The predicted molar refractivity (Wildman–Crippen MR) is 74.6 cm³/mol. The molecule has 2 heterocycles. The Bertz CT molecular complexity index is 709. The summed E-state index contributed by atoms with van der Waals surface area (Å²) in [5.74, 6) is -0.137. The standard InChI is InChI=1S/C14H12N6O/c21-14(16-9-11-2-1-7-15-8-11)12-3-5-13(6-4-12)20-10-17-18-19-20/h1-8,10H,9H2,(H,16,21). The van der Waals surface area contributed by atoms with E-state index in [9.17, 15) is 4.79 Å². The van der Waals surface area contributed by atoms with Gasteiger partial charge in [0.15, 0.2) is 0 Å². The minimum Gasteiger partial charge on any atom is -0.348 e. The van der Waals surface area contributed by atoms with E-state index in [4.69, 9.17) is 0 Å². The summed E-state index contributed by atoms with van der Waals surface area (Å²) in [7, 11) is 0. The van der Waals surface area contributed by atoms with Gasteiger partial charge in [0.2, 0.25) is 0 Å². The molecule has 0 unspecified atom stereocenters. The van der Waals surface area contributed by atoms with Crippen molar-refractivity contribution in [3.05, 3.63) is 66.2 Å². The van der Waals surface area contributed by atoms with Crippen molar-refractivity contribution in [2.45, 2.75) is 6.54 Å². The Morgan fingerprint density at radius 3 is 2.71 bits per heavy atom. The molecule has 3 aromatic rings. The number of benzene rings is 1. The average molecular weight is 280 g/mol. The molecule has 104 valence electrons. The monoisotopic (exact) mass is 280 g/mol. The third-order valence-electron chi connectivity index (χ3n) is 2.92. The lowest BCUT2D eigenvalue weighted by atomic mass is 10.2. The van der Waals surface area contributed by atoms with E-state index in [1.165, 1.54) is 11.0 Å². The number of carbonyl (C=O) groups excluding carboxylic acids is 1. The Hall–Kier alpha value is -3.09. The van der Waals surface area contributed by atoms with Gasteiger partial charge in [0, 0.05) is 24.5 Å². The van der Waals surface area contributed by atoms with Gasteiger partial charge in [0.05, 0.1) is 5.69 Å². The topological polar surface area (TPSA) is 85.6 Å². The minimum atomic E-state index is -0.137. The quantitative estimate of drug-likeness (QED) is 0.770. The van der Waals surface area contributed by atoms with Gasteiger partial charge in [-0.1, -0.05) is 6.07 Å². The van der Waals surface area contributed by atoms with Crippen molar-refractivity contribution < 1.29 is 4.79 Å². The van der Waals surface area contributed by atoms with Crippen LogP contribution in [0, 0.1) is 0 Å². The van der Waals surface area contributed by atoms with E-state index < -0.39 is 0 Å². The number of nitrogens with zero attached hydrogens (tertiary/aromatic N) is 5. The summed E-state index contributed by atoms with van der Waals surface area (Å²) in [6.07, 6.45) is 4.92. The van der Waals surface area contributed by atoms with Gasteiger partial charge >= 0.3 is 0 Å². The van der Waals surface area contributed by atoms with Crippen LogP contribution in [0.5, 0.6) is 0 Å². The number of hydrogen-bond donors (Lipinski definition) is 1. The molecule has 1 N–H and O–H groups in total. The van der Waals surface area contributed by atoms with E-state index in [1.807, 2.05) is 12.1 Å². The van der Waals surface area contributed by atoms with Gasteiger partial charge in [-0.05, 0) is 46.3 Å². The van der Waals surface area contributed by atoms with E-state index >= 15 is 0 Å². The zero-order valence-corrected chi connectivity index (χ0v) is 11.0. The second kappa shape index (κ2) is 5.91. The number of pyridine rings is 1. The first kappa shape index (κ1) is 12.9. The van der Waals surface area contributed by atoms with Gasteiger partial charge in [-0.25, -0.2) is 4.68 Å². The summed E-state index contributed by atoms with van der Waals surface area (Å²) in [5, 5.41) is 13.8. The van der Waals surface area contributed by atoms with Crippen molar-refractivity contribution in [1.29, 1.82) is 0 Å². The van der Waals surface area contributed by atoms with E-state index in [2.05, 4.69) is 25.8 Å². The third-order valence-corrected chi connectivity index (χ3v) is 2.92. The maximum Gasteiger partial charge on any atom is 0.251 e. The first-order valence-corrected chi connectivity index (χ1v) is 6.33. The van der Waals surface area contributed by atoms with Crippen molar-refractivity contribution in [2.24, 2.45) is 0 Å². The Morgan fingerprint density at radius 2 is 2.05 bits per heavy atom. The number of aromatic nitrogens is 5. The second-order valence-electron chi connectivity index (χ2n) is 4.35. The number of amides is 1. The van der Waals surface area contributed by atoms with Gasteiger partial charge in [-0.2, -0.15) is 0 Å². The molecule has 0 aliphatic rings. The molecule has 0 saturated heterocycles. The zero-order chi connectivity index (χ0) is 14.5. The van der Waals surface area contributed by atoms with Crippen LogP contribution in [-0.4, -0.2) is 31.1 Å². The molecule has 0 aliphatic heterocycles. The minimum absolute atomic E-state index is 0.137. The summed E-state index contributed by atoms with van der Waals surface area (Å²) in [6, 6.07) is 10.8. The van der Waals surface area contributed by atoms with Gasteiger partial charge in [-0.15, -0.1) is 5.10 Å². The normalized spacial score (nSPS) is 10.3. The zero-order valence-electron chi connectivity index (χ0n) is 11.0. The van der Waals surface area contributed by atoms with E-state index in [0.717, 1.165) is 11.3 Å². The number of hydrogen-bond acceptors (Lipinski definition) is 5. The van der Waals surface area contributed by atoms with Crippen LogP contribution >= 0.6 is 0 Å². The molecule has 0 spiro atoms. The van der Waals surface area contributed by atoms with Crippen LogP contribution in [0.25, 0.3) is 5.69 Å². The van der Waals surface area contributed by atoms with Crippen LogP contribution in [-0.2, 0) is 6.54 Å². The molecule has 0 atom stereocenters. The van der Waals surface area contributed by atoms with Gasteiger partial charge in [0.25, 0.3) is 5.91 Å². The molecule has 1 amide bonds. The van der Waals surface area contributed by atoms with Crippen molar-refractivity contribution in [2.75, 3.05) is 0 Å². The number of tetrazole rings is 1. The summed E-state index contributed by atoms with van der Waals surface area (Å²) in [6.45, 7) is 0.446. The highest BCUT2D eigenvalue weighted by Crippen LogP contribution is 2.08. The molecule has 1 aromatic carbocycles. The van der Waals surface area contributed by atoms with Crippen LogP contribution in [0.3, 0.4) is 0 Å². The highest BCUT2D eigenvalue weighted by Gasteiger charge is 2.06. The van der Waals surface area contributed by atoms with Crippen LogP contribution < -0.4 is 5.32 Å². The summed E-state index contributed by atoms with van der Waals surface area (Å²) < 4.78 is 1.53. The van der Waals surface area contributed by atoms with Gasteiger partial charge in [0.1, 0.15) is 6.33 Å². The predicted octanol–water partition coefficient (Wildman–Crippen LogP) is 0.987. The molecule has 21 heavy (non-hydrogen) atoms. The molecule has 0 fully saturated rings. The molecular weight excluding hydrogens is 268 g/mol. The maximum atomic E-state index is 12.0. The number of rotatable bonds is 4. The van der Waals surface area contributed by atoms with Crippen LogP contribution in [0.2, 0.25) is 0 Å². The fourth-order valence-corrected chi connectivity index (χ4v) is 1.83. The lowest BCUT2D eigenvalue weighted by molar-refractivity contribution is 0.0951. The van der Waals surface area contributed by atoms with Crippen LogP contribution in [0.1, 0.15) is 15.9 Å². The molecule has 0 saturated carbocycles. The first-order valence-electron chi connectivity index (χ1n) is 6.33. The summed E-state index contributed by atoms with van der Waals surface area (Å²) in [4.78, 5) is 16.0. The first-order chi connectivity index (χ1) is 10.3. The lowest BCUT2D eigenvalue weighted by Crippen LogP contribution is -2.22. The fraction of sp³-hybridized carbons (Fsp3) is 0.0714. The molecule has 0 aliphatic carbocycles. The molecule has 7 nitrogen and oxygen atoms in total. The highest BCUT2D eigenvalue weighted by molar-refractivity contribution is 5.94. The summed E-state index contributed by atoms with van der Waals surface area (Å²) >= 11 is 0. The smallest absolute Gasteiger partial charge is 0.251 e.